The third-order valence-electron chi connectivity index (χ3n) is 3.80. The van der Waals surface area contributed by atoms with Gasteiger partial charge in [-0.25, -0.2) is 4.98 Å². The molecule has 1 aromatic carbocycles. The van der Waals surface area contributed by atoms with Gasteiger partial charge in [0.25, 0.3) is 5.91 Å². The molecule has 2 aromatic rings. The number of ether oxygens (including phenoxy) is 1. The molecule has 1 aromatic heterocycles. The lowest BCUT2D eigenvalue weighted by Gasteiger charge is -2.16. The number of benzene rings is 1. The minimum Gasteiger partial charge on any atom is -0.489 e. The van der Waals surface area contributed by atoms with Crippen molar-refractivity contribution in [2.45, 2.75) is 26.4 Å². The number of thiazole rings is 1. The van der Waals surface area contributed by atoms with E-state index in [1.165, 1.54) is 11.3 Å². The van der Waals surface area contributed by atoms with E-state index in [0.29, 0.717) is 6.54 Å². The van der Waals surface area contributed by atoms with Crippen LogP contribution in [0.5, 0.6) is 5.75 Å². The third kappa shape index (κ3) is 3.64. The van der Waals surface area contributed by atoms with Gasteiger partial charge in [-0.2, -0.15) is 0 Å². The lowest BCUT2D eigenvalue weighted by Crippen LogP contribution is -2.30. The molecule has 0 saturated carbocycles. The molecule has 1 aliphatic heterocycles. The van der Waals surface area contributed by atoms with Gasteiger partial charge >= 0.3 is 0 Å². The lowest BCUT2D eigenvalue weighted by molar-refractivity contribution is 0.0776. The molecule has 5 nitrogen and oxygen atoms in total. The van der Waals surface area contributed by atoms with Gasteiger partial charge < -0.3 is 15.0 Å². The van der Waals surface area contributed by atoms with E-state index in [0.717, 1.165) is 41.0 Å². The number of aromatic nitrogens is 1. The largest absolute Gasteiger partial charge is 0.489 e. The first-order valence-corrected chi connectivity index (χ1v) is 8.71. The maximum Gasteiger partial charge on any atom is 0.266 e. The number of para-hydroxylation sites is 1. The molecule has 23 heavy (non-hydrogen) atoms. The Morgan fingerprint density at radius 2 is 2.22 bits per heavy atom. The van der Waals surface area contributed by atoms with Gasteiger partial charge in [-0.3, -0.25) is 4.79 Å². The van der Waals surface area contributed by atoms with Gasteiger partial charge in [0.2, 0.25) is 0 Å². The van der Waals surface area contributed by atoms with Gasteiger partial charge in [0.05, 0.1) is 12.2 Å². The summed E-state index contributed by atoms with van der Waals surface area (Å²) in [4.78, 5) is 19.7. The van der Waals surface area contributed by atoms with E-state index in [9.17, 15) is 4.79 Å². The lowest BCUT2D eigenvalue weighted by atomic mass is 10.3. The molecule has 6 heteroatoms. The van der Waals surface area contributed by atoms with Crippen molar-refractivity contribution in [3.63, 3.8) is 0 Å². The molecule has 1 fully saturated rings. The first-order valence-electron chi connectivity index (χ1n) is 7.89. The number of carbonyl (C=O) groups is 1. The Kier molecular flexibility index (Phi) is 4.81. The predicted molar refractivity (Wildman–Crippen MR) is 92.4 cm³/mol. The van der Waals surface area contributed by atoms with E-state index >= 15 is 0 Å². The Hall–Kier alpha value is -2.08. The Morgan fingerprint density at radius 3 is 2.96 bits per heavy atom. The highest BCUT2D eigenvalue weighted by molar-refractivity contribution is 7.17. The number of hydrogen-bond donors (Lipinski definition) is 1. The molecule has 0 radical (unpaired) electrons. The number of likely N-dealkylation sites (tertiary alicyclic amines) is 1. The van der Waals surface area contributed by atoms with Crippen molar-refractivity contribution >= 4 is 22.4 Å². The summed E-state index contributed by atoms with van der Waals surface area (Å²) in [7, 11) is 0. The summed E-state index contributed by atoms with van der Waals surface area (Å²) in [6, 6.07) is 9.76. The molecule has 0 spiro atoms. The smallest absolute Gasteiger partial charge is 0.266 e. The summed E-state index contributed by atoms with van der Waals surface area (Å²) < 4.78 is 5.95. The van der Waals surface area contributed by atoms with E-state index < -0.39 is 0 Å². The zero-order valence-electron chi connectivity index (χ0n) is 13.4. The van der Waals surface area contributed by atoms with E-state index in [-0.39, 0.29) is 12.0 Å². The minimum atomic E-state index is 0.0582. The second-order valence-electron chi connectivity index (χ2n) is 5.56. The molecule has 0 aliphatic carbocycles. The fraction of sp³-hybridized carbons (Fsp3) is 0.412. The summed E-state index contributed by atoms with van der Waals surface area (Å²) in [5.41, 5.74) is 0.795. The Bertz CT molecular complexity index is 672. The molecule has 3 rings (SSSR count). The number of rotatable bonds is 5. The number of carbonyl (C=O) groups excluding carboxylic acids is 1. The zero-order chi connectivity index (χ0) is 16.2. The highest BCUT2D eigenvalue weighted by Crippen LogP contribution is 2.26. The van der Waals surface area contributed by atoms with Gasteiger partial charge in [0, 0.05) is 19.5 Å². The van der Waals surface area contributed by atoms with Crippen LogP contribution in [0.4, 0.5) is 5.13 Å². The van der Waals surface area contributed by atoms with Crippen LogP contribution in [0.1, 0.15) is 28.7 Å². The number of anilines is 1. The van der Waals surface area contributed by atoms with Crippen LogP contribution in [0.15, 0.2) is 30.3 Å². The average molecular weight is 331 g/mol. The first kappa shape index (κ1) is 15.8. The average Bonchev–Trinajstić information content (AvgIpc) is 3.15. The summed E-state index contributed by atoms with van der Waals surface area (Å²) >= 11 is 1.43. The van der Waals surface area contributed by atoms with Crippen LogP contribution in [-0.2, 0) is 0 Å². The van der Waals surface area contributed by atoms with Crippen LogP contribution >= 0.6 is 11.3 Å². The quantitative estimate of drug-likeness (QED) is 0.914. The van der Waals surface area contributed by atoms with Gasteiger partial charge in [0.15, 0.2) is 5.13 Å². The van der Waals surface area contributed by atoms with Crippen LogP contribution in [-0.4, -0.2) is 41.5 Å². The van der Waals surface area contributed by atoms with Crippen LogP contribution in [0.2, 0.25) is 0 Å². The third-order valence-corrected chi connectivity index (χ3v) is 4.90. The van der Waals surface area contributed by atoms with Crippen LogP contribution in [0.3, 0.4) is 0 Å². The number of aryl methyl sites for hydroxylation is 1. The van der Waals surface area contributed by atoms with Crippen LogP contribution < -0.4 is 10.1 Å². The molecule has 1 amide bonds. The number of hydrogen-bond acceptors (Lipinski definition) is 5. The van der Waals surface area contributed by atoms with Crippen molar-refractivity contribution in [3.05, 3.63) is 40.9 Å². The Labute approximate surface area is 140 Å². The first-order chi connectivity index (χ1) is 11.2. The van der Waals surface area contributed by atoms with Crippen LogP contribution in [0.25, 0.3) is 0 Å². The second-order valence-corrected chi connectivity index (χ2v) is 6.56. The van der Waals surface area contributed by atoms with Crippen molar-refractivity contribution < 1.29 is 9.53 Å². The van der Waals surface area contributed by atoms with E-state index in [2.05, 4.69) is 10.3 Å². The zero-order valence-corrected chi connectivity index (χ0v) is 14.2. The van der Waals surface area contributed by atoms with Crippen molar-refractivity contribution in [2.75, 3.05) is 25.0 Å². The summed E-state index contributed by atoms with van der Waals surface area (Å²) in [6.45, 7) is 6.06. The van der Waals surface area contributed by atoms with Gasteiger partial charge in [-0.1, -0.05) is 29.5 Å². The van der Waals surface area contributed by atoms with Gasteiger partial charge in [-0.15, -0.1) is 0 Å². The topological polar surface area (TPSA) is 54.5 Å². The Morgan fingerprint density at radius 1 is 1.43 bits per heavy atom. The molecule has 1 N–H and O–H groups in total. The standard InChI is InChI=1S/C17H21N3O2S/c1-3-18-17-19-12(2)15(23-17)16(21)20-10-9-14(11-20)22-13-7-5-4-6-8-13/h4-8,14H,3,9-11H2,1-2H3,(H,18,19)/t14-/m1/s1. The molecule has 1 aliphatic rings. The predicted octanol–water partition coefficient (Wildman–Crippen LogP) is 3.18. The summed E-state index contributed by atoms with van der Waals surface area (Å²) in [5.74, 6) is 0.915. The SMILES string of the molecule is CCNc1nc(C)c(C(=O)N2CC[C@@H](Oc3ccccc3)C2)s1. The van der Waals surface area contributed by atoms with Crippen LogP contribution in [0, 0.1) is 6.92 Å². The Balaban J connectivity index is 1.63. The molecule has 2 heterocycles. The maximum absolute atomic E-state index is 12.7. The van der Waals surface area contributed by atoms with Crippen molar-refractivity contribution in [2.24, 2.45) is 0 Å². The number of nitrogens with zero attached hydrogens (tertiary/aromatic N) is 2. The second kappa shape index (κ2) is 7.00. The highest BCUT2D eigenvalue weighted by atomic mass is 32.1. The maximum atomic E-state index is 12.7. The van der Waals surface area contributed by atoms with E-state index in [1.54, 1.807) is 0 Å². The summed E-state index contributed by atoms with van der Waals surface area (Å²) in [5, 5.41) is 3.98. The molecule has 0 bridgehead atoms. The highest BCUT2D eigenvalue weighted by Gasteiger charge is 2.30. The summed E-state index contributed by atoms with van der Waals surface area (Å²) in [6.07, 6.45) is 0.918. The van der Waals surface area contributed by atoms with Gasteiger partial charge in [0.1, 0.15) is 16.7 Å². The van der Waals surface area contributed by atoms with Crippen molar-refractivity contribution in [1.82, 2.24) is 9.88 Å². The van der Waals surface area contributed by atoms with E-state index in [4.69, 9.17) is 4.74 Å². The normalized spacial score (nSPS) is 17.3. The minimum absolute atomic E-state index is 0.0582. The number of nitrogens with one attached hydrogen (secondary N) is 1. The molecular formula is C17H21N3O2S. The fourth-order valence-corrected chi connectivity index (χ4v) is 3.67. The number of amides is 1. The monoisotopic (exact) mass is 331 g/mol. The molecule has 0 unspecified atom stereocenters. The molecule has 1 atom stereocenters. The van der Waals surface area contributed by atoms with E-state index in [1.807, 2.05) is 49.1 Å². The molecule has 122 valence electrons. The fourth-order valence-electron chi connectivity index (χ4n) is 2.67. The van der Waals surface area contributed by atoms with Crippen molar-refractivity contribution in [1.29, 1.82) is 0 Å². The van der Waals surface area contributed by atoms with Gasteiger partial charge in [-0.05, 0) is 26.0 Å². The molecule has 1 saturated heterocycles. The molecular weight excluding hydrogens is 310 g/mol. The van der Waals surface area contributed by atoms with Crippen molar-refractivity contribution in [3.8, 4) is 5.75 Å².